The maximum Gasteiger partial charge on any atom is 0.157 e. The SMILES string of the molecule is OC[C@@H]1O[C@@H](c2c(O)cc(O)c3c2O[C@@H](c2ccc(O)c(O)c2)[C@@H](O)C3)[C@H](O)[C@@H](O)[C@@H]1O. The number of aliphatic hydroxyl groups is 5. The van der Waals surface area contributed by atoms with Crippen molar-refractivity contribution in [2.24, 2.45) is 0 Å². The third-order valence-corrected chi connectivity index (χ3v) is 5.89. The molecule has 11 nitrogen and oxygen atoms in total. The van der Waals surface area contributed by atoms with Crippen molar-refractivity contribution in [3.05, 3.63) is 41.0 Å². The van der Waals surface area contributed by atoms with Crippen molar-refractivity contribution in [3.8, 4) is 28.7 Å². The predicted octanol–water partition coefficient (Wildman–Crippen LogP) is -0.939. The smallest absolute Gasteiger partial charge is 0.157 e. The second-order valence-electron chi connectivity index (χ2n) is 7.94. The highest BCUT2D eigenvalue weighted by molar-refractivity contribution is 5.59. The van der Waals surface area contributed by atoms with E-state index >= 15 is 0 Å². The molecule has 1 saturated heterocycles. The number of rotatable bonds is 3. The summed E-state index contributed by atoms with van der Waals surface area (Å²) < 4.78 is 11.4. The van der Waals surface area contributed by atoms with E-state index in [1.807, 2.05) is 0 Å². The molecule has 2 aromatic carbocycles. The Balaban J connectivity index is 1.80. The lowest BCUT2D eigenvalue weighted by Gasteiger charge is -2.42. The molecule has 0 aromatic heterocycles. The third-order valence-electron chi connectivity index (χ3n) is 5.89. The van der Waals surface area contributed by atoms with Crippen LogP contribution in [0.2, 0.25) is 0 Å². The van der Waals surface area contributed by atoms with Crippen LogP contribution in [0.1, 0.15) is 28.9 Å². The fourth-order valence-corrected chi connectivity index (χ4v) is 4.17. The van der Waals surface area contributed by atoms with Gasteiger partial charge in [-0.25, -0.2) is 0 Å². The van der Waals surface area contributed by atoms with E-state index < -0.39 is 66.6 Å². The fraction of sp³-hybridized carbons (Fsp3) is 0.429. The number of hydrogen-bond acceptors (Lipinski definition) is 11. The molecule has 174 valence electrons. The normalized spacial score (nSPS) is 32.2. The average Bonchev–Trinajstić information content (AvgIpc) is 2.75. The lowest BCUT2D eigenvalue weighted by Crippen LogP contribution is -2.55. The van der Waals surface area contributed by atoms with Gasteiger partial charge in [-0.15, -0.1) is 0 Å². The predicted molar refractivity (Wildman–Crippen MR) is 105 cm³/mol. The molecule has 0 saturated carbocycles. The summed E-state index contributed by atoms with van der Waals surface area (Å²) >= 11 is 0. The van der Waals surface area contributed by atoms with E-state index in [4.69, 9.17) is 9.47 Å². The van der Waals surface area contributed by atoms with Crippen molar-refractivity contribution in [2.45, 2.75) is 49.1 Å². The number of aliphatic hydroxyl groups excluding tert-OH is 5. The average molecular weight is 452 g/mol. The Kier molecular flexibility index (Phi) is 5.79. The number of fused-ring (bicyclic) bond motifs is 1. The van der Waals surface area contributed by atoms with Gasteiger partial charge in [0, 0.05) is 18.1 Å². The van der Waals surface area contributed by atoms with E-state index in [-0.39, 0.29) is 34.6 Å². The topological polar surface area (TPSA) is 201 Å². The van der Waals surface area contributed by atoms with Crippen LogP contribution in [0, 0.1) is 0 Å². The second kappa shape index (κ2) is 8.28. The Hall–Kier alpha value is -2.80. The van der Waals surface area contributed by atoms with Crippen LogP contribution in [-0.2, 0) is 11.2 Å². The number of ether oxygens (including phenoxy) is 2. The first-order valence-corrected chi connectivity index (χ1v) is 9.88. The van der Waals surface area contributed by atoms with E-state index in [0.717, 1.165) is 6.07 Å². The van der Waals surface area contributed by atoms with Crippen LogP contribution >= 0.6 is 0 Å². The van der Waals surface area contributed by atoms with E-state index in [0.29, 0.717) is 0 Å². The monoisotopic (exact) mass is 452 g/mol. The molecule has 2 aliphatic heterocycles. The summed E-state index contributed by atoms with van der Waals surface area (Å²) in [7, 11) is 0. The summed E-state index contributed by atoms with van der Waals surface area (Å²) in [5.41, 5.74) is 0.220. The Morgan fingerprint density at radius 2 is 1.50 bits per heavy atom. The van der Waals surface area contributed by atoms with Gasteiger partial charge in [-0.3, -0.25) is 0 Å². The van der Waals surface area contributed by atoms with Crippen molar-refractivity contribution >= 4 is 0 Å². The second-order valence-corrected chi connectivity index (χ2v) is 7.94. The Labute approximate surface area is 181 Å². The van der Waals surface area contributed by atoms with Gasteiger partial charge < -0.3 is 55.4 Å². The van der Waals surface area contributed by atoms with E-state index in [9.17, 15) is 46.0 Å². The summed E-state index contributed by atoms with van der Waals surface area (Å²) in [6, 6.07) is 4.77. The quantitative estimate of drug-likeness (QED) is 0.260. The number of hydrogen-bond donors (Lipinski definition) is 9. The van der Waals surface area contributed by atoms with Gasteiger partial charge in [-0.05, 0) is 17.7 Å². The zero-order valence-electron chi connectivity index (χ0n) is 16.6. The van der Waals surface area contributed by atoms with E-state index in [1.54, 1.807) is 0 Å². The number of phenols is 4. The molecule has 0 aliphatic carbocycles. The summed E-state index contributed by atoms with van der Waals surface area (Å²) in [4.78, 5) is 0. The van der Waals surface area contributed by atoms with Gasteiger partial charge in [0.1, 0.15) is 53.9 Å². The first-order chi connectivity index (χ1) is 15.1. The fourth-order valence-electron chi connectivity index (χ4n) is 4.17. The van der Waals surface area contributed by atoms with Gasteiger partial charge in [0.25, 0.3) is 0 Å². The summed E-state index contributed by atoms with van der Waals surface area (Å²) in [5.74, 6) is -1.89. The molecule has 9 N–H and O–H groups in total. The van der Waals surface area contributed by atoms with Gasteiger partial charge in [-0.2, -0.15) is 0 Å². The van der Waals surface area contributed by atoms with Crippen molar-refractivity contribution in [2.75, 3.05) is 6.61 Å². The maximum atomic E-state index is 10.6. The standard InChI is InChI=1S/C21H24O11/c22-6-14-16(28)17(29)18(30)21(31-14)15-12(26)5-10(24)8-4-13(27)19(32-20(8)15)7-1-2-9(23)11(25)3-7/h1-3,5,13-14,16-19,21-30H,4,6H2/t13-,14-,16+,17-,18+,19-,21-/m0/s1. The van der Waals surface area contributed by atoms with E-state index in [2.05, 4.69) is 0 Å². The molecule has 2 heterocycles. The lowest BCUT2D eigenvalue weighted by molar-refractivity contribution is -0.232. The minimum atomic E-state index is -1.72. The van der Waals surface area contributed by atoms with Crippen LogP contribution < -0.4 is 4.74 Å². The van der Waals surface area contributed by atoms with Crippen molar-refractivity contribution in [1.29, 1.82) is 0 Å². The maximum absolute atomic E-state index is 10.6. The molecule has 11 heteroatoms. The van der Waals surface area contributed by atoms with Crippen LogP contribution in [0.25, 0.3) is 0 Å². The van der Waals surface area contributed by atoms with Crippen LogP contribution in [0.15, 0.2) is 24.3 Å². The molecule has 2 aromatic rings. The van der Waals surface area contributed by atoms with Gasteiger partial charge in [0.15, 0.2) is 11.5 Å². The van der Waals surface area contributed by atoms with Gasteiger partial charge in [0.2, 0.25) is 0 Å². The molecular formula is C21H24O11. The van der Waals surface area contributed by atoms with Crippen LogP contribution in [-0.4, -0.2) is 83.1 Å². The van der Waals surface area contributed by atoms with Gasteiger partial charge in [0.05, 0.1) is 18.3 Å². The van der Waals surface area contributed by atoms with Crippen molar-refractivity contribution in [3.63, 3.8) is 0 Å². The highest BCUT2D eigenvalue weighted by Crippen LogP contribution is 2.50. The molecule has 0 bridgehead atoms. The van der Waals surface area contributed by atoms with Crippen LogP contribution in [0.3, 0.4) is 0 Å². The number of benzene rings is 2. The molecule has 0 radical (unpaired) electrons. The largest absolute Gasteiger partial charge is 0.507 e. The summed E-state index contributed by atoms with van der Waals surface area (Å²) in [6.45, 7) is -0.683. The van der Waals surface area contributed by atoms with Crippen molar-refractivity contribution in [1.82, 2.24) is 0 Å². The highest BCUT2D eigenvalue weighted by Gasteiger charge is 2.47. The molecule has 32 heavy (non-hydrogen) atoms. The van der Waals surface area contributed by atoms with Gasteiger partial charge >= 0.3 is 0 Å². The Bertz CT molecular complexity index is 1010. The number of aromatic hydroxyl groups is 4. The molecule has 0 unspecified atom stereocenters. The first-order valence-electron chi connectivity index (χ1n) is 9.88. The Morgan fingerprint density at radius 1 is 0.781 bits per heavy atom. The molecule has 1 fully saturated rings. The minimum Gasteiger partial charge on any atom is -0.507 e. The lowest BCUT2D eigenvalue weighted by atomic mass is 9.86. The molecule has 0 spiro atoms. The summed E-state index contributed by atoms with van der Waals surface area (Å²) in [6.07, 6.45) is -10.2. The molecule has 2 aliphatic rings. The number of phenolic OH excluding ortho intramolecular Hbond substituents is 4. The zero-order chi connectivity index (χ0) is 23.3. The van der Waals surface area contributed by atoms with Gasteiger partial charge in [-0.1, -0.05) is 6.07 Å². The molecule has 7 atom stereocenters. The molecule has 4 rings (SSSR count). The third kappa shape index (κ3) is 3.58. The van der Waals surface area contributed by atoms with E-state index in [1.165, 1.54) is 18.2 Å². The van der Waals surface area contributed by atoms with Crippen LogP contribution in [0.4, 0.5) is 0 Å². The molecular weight excluding hydrogens is 428 g/mol. The summed E-state index contributed by atoms with van der Waals surface area (Å²) in [5, 5.41) is 91.0. The first kappa shape index (κ1) is 22.4. The Morgan fingerprint density at radius 3 is 2.16 bits per heavy atom. The minimum absolute atomic E-state index is 0.0986. The highest BCUT2D eigenvalue weighted by atomic mass is 16.5. The zero-order valence-corrected chi connectivity index (χ0v) is 16.6. The van der Waals surface area contributed by atoms with Crippen LogP contribution in [0.5, 0.6) is 28.7 Å². The molecule has 0 amide bonds. The van der Waals surface area contributed by atoms with Crippen molar-refractivity contribution < 1.29 is 55.4 Å².